The second kappa shape index (κ2) is 4.53. The summed E-state index contributed by atoms with van der Waals surface area (Å²) in [5.41, 5.74) is 1.63. The van der Waals surface area contributed by atoms with Crippen LogP contribution in [0.1, 0.15) is 5.56 Å². The highest BCUT2D eigenvalue weighted by Crippen LogP contribution is 2.28. The van der Waals surface area contributed by atoms with Gasteiger partial charge >= 0.3 is 0 Å². The van der Waals surface area contributed by atoms with Crippen molar-refractivity contribution < 1.29 is 12.8 Å². The lowest BCUT2D eigenvalue weighted by Gasteiger charge is -2.08. The fourth-order valence-corrected chi connectivity index (χ4v) is 2.70. The van der Waals surface area contributed by atoms with E-state index in [9.17, 15) is 12.8 Å². The van der Waals surface area contributed by atoms with E-state index in [1.807, 2.05) is 0 Å². The van der Waals surface area contributed by atoms with E-state index < -0.39 is 9.84 Å². The zero-order valence-electron chi connectivity index (χ0n) is 10.1. The molecule has 0 saturated heterocycles. The van der Waals surface area contributed by atoms with Gasteiger partial charge < -0.3 is 0 Å². The lowest BCUT2D eigenvalue weighted by Crippen LogP contribution is -1.99. The fraction of sp³-hybridized carbons (Fsp3) is 0.143. The Bertz CT molecular complexity index is 691. The van der Waals surface area contributed by atoms with Gasteiger partial charge in [0, 0.05) is 11.8 Å². The Morgan fingerprint density at radius 3 is 2.33 bits per heavy atom. The van der Waals surface area contributed by atoms with E-state index in [1.165, 1.54) is 12.1 Å². The quantitative estimate of drug-likeness (QED) is 0.834. The Morgan fingerprint density at radius 2 is 1.72 bits per heavy atom. The predicted molar refractivity (Wildman–Crippen MR) is 69.7 cm³/mol. The van der Waals surface area contributed by atoms with E-state index in [4.69, 9.17) is 0 Å². The van der Waals surface area contributed by atoms with Crippen LogP contribution in [0, 0.1) is 12.7 Å². The molecule has 0 atom stereocenters. The van der Waals surface area contributed by atoms with E-state index in [-0.39, 0.29) is 10.7 Å². The molecule has 0 radical (unpaired) electrons. The van der Waals surface area contributed by atoms with Crippen LogP contribution in [-0.4, -0.2) is 14.7 Å². The van der Waals surface area contributed by atoms with Crippen LogP contribution in [0.25, 0.3) is 11.1 Å². The van der Waals surface area contributed by atoms with Gasteiger partial charge in [0.25, 0.3) is 0 Å². The maximum absolute atomic E-state index is 13.5. The van der Waals surface area contributed by atoms with Crippen molar-refractivity contribution in [3.05, 3.63) is 53.8 Å². The van der Waals surface area contributed by atoms with Gasteiger partial charge in [-0.15, -0.1) is 0 Å². The van der Waals surface area contributed by atoms with Crippen LogP contribution >= 0.6 is 0 Å². The molecule has 0 amide bonds. The Morgan fingerprint density at radius 1 is 1.06 bits per heavy atom. The zero-order valence-corrected chi connectivity index (χ0v) is 11.0. The molecule has 0 saturated carbocycles. The molecule has 2 aromatic rings. The third-order valence-electron chi connectivity index (χ3n) is 2.77. The maximum atomic E-state index is 13.5. The van der Waals surface area contributed by atoms with Crippen molar-refractivity contribution in [2.45, 2.75) is 11.8 Å². The van der Waals surface area contributed by atoms with E-state index in [0.29, 0.717) is 16.7 Å². The van der Waals surface area contributed by atoms with E-state index >= 15 is 0 Å². The smallest absolute Gasteiger partial charge is 0.176 e. The molecule has 0 aromatic heterocycles. The molecule has 2 rings (SSSR count). The number of benzene rings is 2. The predicted octanol–water partition coefficient (Wildman–Crippen LogP) is 3.20. The first kappa shape index (κ1) is 12.8. The lowest BCUT2D eigenvalue weighted by molar-refractivity contribution is 0.602. The normalized spacial score (nSPS) is 11.5. The molecule has 0 aliphatic carbocycles. The number of rotatable bonds is 2. The van der Waals surface area contributed by atoms with Crippen molar-refractivity contribution in [3.8, 4) is 11.1 Å². The van der Waals surface area contributed by atoms with Gasteiger partial charge in [-0.25, -0.2) is 12.8 Å². The highest BCUT2D eigenvalue weighted by atomic mass is 32.2. The van der Waals surface area contributed by atoms with E-state index in [2.05, 4.69) is 0 Å². The molecule has 0 N–H and O–H groups in total. The summed E-state index contributed by atoms with van der Waals surface area (Å²) in [6, 6.07) is 11.3. The van der Waals surface area contributed by atoms with Gasteiger partial charge in [0.05, 0.1) is 4.90 Å². The van der Waals surface area contributed by atoms with Crippen molar-refractivity contribution in [1.29, 1.82) is 0 Å². The van der Waals surface area contributed by atoms with Crippen LogP contribution in [0.15, 0.2) is 47.4 Å². The van der Waals surface area contributed by atoms with Gasteiger partial charge in [-0.1, -0.05) is 30.3 Å². The van der Waals surface area contributed by atoms with Gasteiger partial charge in [0.2, 0.25) is 0 Å². The third kappa shape index (κ3) is 2.43. The molecule has 4 heteroatoms. The van der Waals surface area contributed by atoms with E-state index in [0.717, 1.165) is 6.26 Å². The van der Waals surface area contributed by atoms with Crippen LogP contribution in [0.5, 0.6) is 0 Å². The topological polar surface area (TPSA) is 34.1 Å². The van der Waals surface area contributed by atoms with Gasteiger partial charge in [0.15, 0.2) is 9.84 Å². The molecular weight excluding hydrogens is 251 g/mol. The Labute approximate surface area is 106 Å². The summed E-state index contributed by atoms with van der Waals surface area (Å²) >= 11 is 0. The second-order valence-electron chi connectivity index (χ2n) is 4.23. The van der Waals surface area contributed by atoms with Gasteiger partial charge in [-0.05, 0) is 30.2 Å². The summed E-state index contributed by atoms with van der Waals surface area (Å²) in [7, 11) is -3.33. The Hall–Kier alpha value is -1.68. The molecule has 2 nitrogen and oxygen atoms in total. The molecule has 0 spiro atoms. The van der Waals surface area contributed by atoms with Crippen molar-refractivity contribution in [1.82, 2.24) is 0 Å². The van der Waals surface area contributed by atoms with Crippen molar-refractivity contribution >= 4 is 9.84 Å². The number of halogens is 1. The Balaban J connectivity index is 2.68. The summed E-state index contributed by atoms with van der Waals surface area (Å²) in [6.45, 7) is 1.67. The lowest BCUT2D eigenvalue weighted by atomic mass is 10.0. The molecule has 0 heterocycles. The average molecular weight is 264 g/mol. The minimum absolute atomic E-state index is 0.216. The van der Waals surface area contributed by atoms with Crippen LogP contribution in [0.3, 0.4) is 0 Å². The van der Waals surface area contributed by atoms with Crippen LogP contribution in [0.2, 0.25) is 0 Å². The molecule has 0 aliphatic heterocycles. The van der Waals surface area contributed by atoms with Gasteiger partial charge in [0.1, 0.15) is 5.82 Å². The summed E-state index contributed by atoms with van der Waals surface area (Å²) in [4.78, 5) is 0.216. The molecule has 0 fully saturated rings. The molecule has 0 unspecified atom stereocenters. The number of hydrogen-bond acceptors (Lipinski definition) is 2. The van der Waals surface area contributed by atoms with Crippen LogP contribution < -0.4 is 0 Å². The maximum Gasteiger partial charge on any atom is 0.176 e. The third-order valence-corrected chi connectivity index (χ3v) is 3.92. The number of sulfone groups is 1. The Kier molecular flexibility index (Phi) is 3.22. The largest absolute Gasteiger partial charge is 0.224 e. The number of aryl methyl sites for hydroxylation is 1. The summed E-state index contributed by atoms with van der Waals surface area (Å²) in [5.74, 6) is -0.337. The minimum atomic E-state index is -3.33. The molecule has 0 aliphatic rings. The first-order chi connectivity index (χ1) is 8.39. The van der Waals surface area contributed by atoms with Crippen molar-refractivity contribution in [3.63, 3.8) is 0 Å². The first-order valence-electron chi connectivity index (χ1n) is 5.45. The molecule has 94 valence electrons. The van der Waals surface area contributed by atoms with Crippen molar-refractivity contribution in [2.75, 3.05) is 6.26 Å². The molecule has 0 bridgehead atoms. The van der Waals surface area contributed by atoms with Crippen LogP contribution in [0.4, 0.5) is 4.39 Å². The fourth-order valence-electron chi connectivity index (χ4n) is 1.79. The van der Waals surface area contributed by atoms with E-state index in [1.54, 1.807) is 37.3 Å². The first-order valence-corrected chi connectivity index (χ1v) is 7.34. The summed E-state index contributed by atoms with van der Waals surface area (Å²) < 4.78 is 36.9. The number of hydrogen-bond donors (Lipinski definition) is 0. The minimum Gasteiger partial charge on any atom is -0.224 e. The monoisotopic (exact) mass is 264 g/mol. The highest BCUT2D eigenvalue weighted by Gasteiger charge is 2.14. The van der Waals surface area contributed by atoms with Crippen molar-refractivity contribution in [2.24, 2.45) is 0 Å². The standard InChI is InChI=1S/C14H13FO2S/c1-10-7-8-11(9-13(10)15)12-5-3-4-6-14(12)18(2,16)17/h3-9H,1-2H3. The molecule has 2 aromatic carbocycles. The average Bonchev–Trinajstić information content (AvgIpc) is 2.32. The molecule has 18 heavy (non-hydrogen) atoms. The zero-order chi connectivity index (χ0) is 13.3. The molecular formula is C14H13FO2S. The summed E-state index contributed by atoms with van der Waals surface area (Å²) in [5, 5.41) is 0. The van der Waals surface area contributed by atoms with Gasteiger partial charge in [-0.2, -0.15) is 0 Å². The SMILES string of the molecule is Cc1ccc(-c2ccccc2S(C)(=O)=O)cc1F. The highest BCUT2D eigenvalue weighted by molar-refractivity contribution is 7.90. The van der Waals surface area contributed by atoms with Crippen LogP contribution in [-0.2, 0) is 9.84 Å². The summed E-state index contributed by atoms with van der Waals surface area (Å²) in [6.07, 6.45) is 1.15. The second-order valence-corrected chi connectivity index (χ2v) is 6.22. The van der Waals surface area contributed by atoms with Gasteiger partial charge in [-0.3, -0.25) is 0 Å².